The summed E-state index contributed by atoms with van der Waals surface area (Å²) in [5.74, 6) is 0.936. The zero-order valence-electron chi connectivity index (χ0n) is 15.6. The van der Waals surface area contributed by atoms with Crippen LogP contribution in [-0.2, 0) is 4.79 Å². The summed E-state index contributed by atoms with van der Waals surface area (Å²) in [6.45, 7) is 6.95. The molecule has 2 aromatic rings. The molecule has 1 aromatic carbocycles. The number of carbonyl (C=O) groups excluding carboxylic acids is 1. The Labute approximate surface area is 158 Å². The third kappa shape index (κ3) is 4.84. The van der Waals surface area contributed by atoms with Gasteiger partial charge < -0.3 is 19.9 Å². The number of rotatable bonds is 6. The lowest BCUT2D eigenvalue weighted by Gasteiger charge is -2.34. The molecule has 0 radical (unpaired) electrons. The van der Waals surface area contributed by atoms with Gasteiger partial charge >= 0.3 is 0 Å². The molecule has 7 nitrogen and oxygen atoms in total. The summed E-state index contributed by atoms with van der Waals surface area (Å²) in [5, 5.41) is 3.20. The minimum absolute atomic E-state index is 0.0913. The number of benzene rings is 1. The lowest BCUT2D eigenvalue weighted by molar-refractivity contribution is -0.133. The third-order valence-corrected chi connectivity index (χ3v) is 4.30. The molecule has 0 unspecified atom stereocenters. The number of halogens is 1. The molecule has 0 atom stereocenters. The number of anilines is 2. The highest BCUT2D eigenvalue weighted by atomic mass is 19.1. The zero-order valence-corrected chi connectivity index (χ0v) is 15.6. The highest BCUT2D eigenvalue weighted by molar-refractivity contribution is 5.78. The molecule has 144 valence electrons. The molecule has 0 bridgehead atoms. The van der Waals surface area contributed by atoms with Gasteiger partial charge in [-0.05, 0) is 26.0 Å². The van der Waals surface area contributed by atoms with Gasteiger partial charge in [0.05, 0.1) is 0 Å². The lowest BCUT2D eigenvalue weighted by atomic mass is 10.3. The molecular formula is C19H24FN5O2. The molecule has 1 amide bonds. The Morgan fingerprint density at radius 2 is 1.96 bits per heavy atom. The number of nitrogens with one attached hydrogen (secondary N) is 1. The molecule has 1 aliphatic heterocycles. The van der Waals surface area contributed by atoms with Gasteiger partial charge in [-0.1, -0.05) is 12.1 Å². The van der Waals surface area contributed by atoms with E-state index in [-0.39, 0.29) is 18.3 Å². The smallest absolute Gasteiger partial charge is 0.260 e. The molecule has 1 N–H and O–H groups in total. The van der Waals surface area contributed by atoms with Crippen LogP contribution in [0.25, 0.3) is 0 Å². The number of para-hydroxylation sites is 1. The predicted molar refractivity (Wildman–Crippen MR) is 102 cm³/mol. The first-order valence-corrected chi connectivity index (χ1v) is 9.06. The number of nitrogens with zero attached hydrogens (tertiary/aromatic N) is 4. The van der Waals surface area contributed by atoms with E-state index in [4.69, 9.17) is 4.74 Å². The fourth-order valence-corrected chi connectivity index (χ4v) is 2.91. The van der Waals surface area contributed by atoms with Crippen molar-refractivity contribution in [2.24, 2.45) is 0 Å². The molecule has 1 aliphatic rings. The fourth-order valence-electron chi connectivity index (χ4n) is 2.91. The summed E-state index contributed by atoms with van der Waals surface area (Å²) in [4.78, 5) is 25.2. The quantitative estimate of drug-likeness (QED) is 0.836. The second-order valence-electron chi connectivity index (χ2n) is 6.31. The molecule has 0 aliphatic carbocycles. The number of piperazine rings is 1. The molecule has 8 heteroatoms. The Kier molecular flexibility index (Phi) is 6.05. The van der Waals surface area contributed by atoms with Gasteiger partial charge in [0.15, 0.2) is 18.2 Å². The van der Waals surface area contributed by atoms with Crippen molar-refractivity contribution < 1.29 is 13.9 Å². The average molecular weight is 373 g/mol. The van der Waals surface area contributed by atoms with Gasteiger partial charge in [0.1, 0.15) is 5.82 Å². The Morgan fingerprint density at radius 3 is 2.67 bits per heavy atom. The third-order valence-electron chi connectivity index (χ3n) is 4.30. The van der Waals surface area contributed by atoms with E-state index in [1.807, 2.05) is 19.9 Å². The Morgan fingerprint density at radius 1 is 1.22 bits per heavy atom. The van der Waals surface area contributed by atoms with Crippen molar-refractivity contribution in [2.45, 2.75) is 13.8 Å². The van der Waals surface area contributed by atoms with E-state index >= 15 is 0 Å². The Balaban J connectivity index is 1.54. The highest BCUT2D eigenvalue weighted by Gasteiger charge is 2.23. The number of carbonyl (C=O) groups is 1. The summed E-state index contributed by atoms with van der Waals surface area (Å²) in [6.07, 6.45) is 0. The summed E-state index contributed by atoms with van der Waals surface area (Å²) >= 11 is 0. The van der Waals surface area contributed by atoms with E-state index in [1.54, 1.807) is 17.0 Å². The van der Waals surface area contributed by atoms with Gasteiger partial charge in [0.2, 0.25) is 5.95 Å². The number of aromatic nitrogens is 2. The largest absolute Gasteiger partial charge is 0.481 e. The Bertz CT molecular complexity index is 793. The van der Waals surface area contributed by atoms with Crippen LogP contribution in [0, 0.1) is 12.7 Å². The van der Waals surface area contributed by atoms with Crippen LogP contribution in [0.3, 0.4) is 0 Å². The molecule has 1 saturated heterocycles. The van der Waals surface area contributed by atoms with Crippen LogP contribution in [0.4, 0.5) is 16.2 Å². The average Bonchev–Trinajstić information content (AvgIpc) is 2.67. The van der Waals surface area contributed by atoms with Gasteiger partial charge in [0, 0.05) is 44.5 Å². The van der Waals surface area contributed by atoms with Crippen LogP contribution in [0.1, 0.15) is 12.6 Å². The van der Waals surface area contributed by atoms with Crippen molar-refractivity contribution in [3.63, 3.8) is 0 Å². The number of hydrogen-bond donors (Lipinski definition) is 1. The lowest BCUT2D eigenvalue weighted by Crippen LogP contribution is -2.50. The van der Waals surface area contributed by atoms with E-state index in [1.165, 1.54) is 12.1 Å². The number of aryl methyl sites for hydroxylation is 1. The first kappa shape index (κ1) is 18.9. The van der Waals surface area contributed by atoms with E-state index in [9.17, 15) is 9.18 Å². The van der Waals surface area contributed by atoms with Gasteiger partial charge in [-0.25, -0.2) is 9.37 Å². The SMILES string of the molecule is CCNc1cc(C)nc(N2CCN(C(=O)COc3ccccc3F)CC2)n1. The first-order chi connectivity index (χ1) is 13.1. The van der Waals surface area contributed by atoms with Gasteiger partial charge in [0.25, 0.3) is 5.91 Å². The predicted octanol–water partition coefficient (Wildman–Crippen LogP) is 2.08. The monoisotopic (exact) mass is 373 g/mol. The van der Waals surface area contributed by atoms with Crippen molar-refractivity contribution >= 4 is 17.7 Å². The van der Waals surface area contributed by atoms with E-state index in [0.29, 0.717) is 32.1 Å². The summed E-state index contributed by atoms with van der Waals surface area (Å²) in [6, 6.07) is 7.98. The first-order valence-electron chi connectivity index (χ1n) is 9.06. The maximum atomic E-state index is 13.6. The van der Waals surface area contributed by atoms with Crippen molar-refractivity contribution in [1.29, 1.82) is 0 Å². The van der Waals surface area contributed by atoms with Crippen molar-refractivity contribution in [1.82, 2.24) is 14.9 Å². The van der Waals surface area contributed by atoms with Crippen molar-refractivity contribution in [3.8, 4) is 5.75 Å². The minimum atomic E-state index is -0.469. The van der Waals surface area contributed by atoms with Gasteiger partial charge in [-0.2, -0.15) is 4.98 Å². The van der Waals surface area contributed by atoms with Crippen LogP contribution >= 0.6 is 0 Å². The van der Waals surface area contributed by atoms with Crippen LogP contribution < -0.4 is 15.0 Å². The summed E-state index contributed by atoms with van der Waals surface area (Å²) in [7, 11) is 0. The van der Waals surface area contributed by atoms with E-state index in [2.05, 4.69) is 20.2 Å². The maximum Gasteiger partial charge on any atom is 0.260 e. The zero-order chi connectivity index (χ0) is 19.2. The molecule has 3 rings (SSSR count). The summed E-state index contributed by atoms with van der Waals surface area (Å²) < 4.78 is 18.9. The van der Waals surface area contributed by atoms with Gasteiger partial charge in [-0.3, -0.25) is 4.79 Å². The molecule has 2 heterocycles. The van der Waals surface area contributed by atoms with Crippen molar-refractivity contribution in [2.75, 3.05) is 49.5 Å². The minimum Gasteiger partial charge on any atom is -0.481 e. The maximum absolute atomic E-state index is 13.6. The molecular weight excluding hydrogens is 349 g/mol. The standard InChI is InChI=1S/C19H24FN5O2/c1-3-21-17-12-14(2)22-19(23-17)25-10-8-24(9-11-25)18(26)13-27-16-7-5-4-6-15(16)20/h4-7,12H,3,8-11,13H2,1-2H3,(H,21,22,23). The highest BCUT2D eigenvalue weighted by Crippen LogP contribution is 2.17. The van der Waals surface area contributed by atoms with Crippen LogP contribution in [-0.4, -0.2) is 60.1 Å². The van der Waals surface area contributed by atoms with Crippen LogP contribution in [0.5, 0.6) is 5.75 Å². The molecule has 1 fully saturated rings. The second kappa shape index (κ2) is 8.66. The fraction of sp³-hybridized carbons (Fsp3) is 0.421. The normalized spacial score (nSPS) is 14.2. The topological polar surface area (TPSA) is 70.6 Å². The van der Waals surface area contributed by atoms with E-state index < -0.39 is 5.82 Å². The van der Waals surface area contributed by atoms with Crippen LogP contribution in [0.15, 0.2) is 30.3 Å². The second-order valence-corrected chi connectivity index (χ2v) is 6.31. The molecule has 0 saturated carbocycles. The number of amides is 1. The molecule has 1 aromatic heterocycles. The van der Waals surface area contributed by atoms with Gasteiger partial charge in [-0.15, -0.1) is 0 Å². The molecule has 27 heavy (non-hydrogen) atoms. The molecule has 0 spiro atoms. The number of hydrogen-bond acceptors (Lipinski definition) is 6. The summed E-state index contributed by atoms with van der Waals surface area (Å²) in [5.41, 5.74) is 0.896. The Hall–Kier alpha value is -2.90. The van der Waals surface area contributed by atoms with Crippen LogP contribution in [0.2, 0.25) is 0 Å². The van der Waals surface area contributed by atoms with Crippen molar-refractivity contribution in [3.05, 3.63) is 41.8 Å². The number of ether oxygens (including phenoxy) is 1. The van der Waals surface area contributed by atoms with E-state index in [0.717, 1.165) is 18.1 Å².